The summed E-state index contributed by atoms with van der Waals surface area (Å²) in [5, 5.41) is 0. The van der Waals surface area contributed by atoms with Gasteiger partial charge in [0.15, 0.2) is 0 Å². The minimum Gasteiger partial charge on any atom is -0.472 e. The summed E-state index contributed by atoms with van der Waals surface area (Å²) >= 11 is 0. The van der Waals surface area contributed by atoms with E-state index in [2.05, 4.69) is 9.88 Å². The van der Waals surface area contributed by atoms with Gasteiger partial charge < -0.3 is 13.9 Å². The molecule has 2 aromatic rings. The molecule has 0 N–H and O–H groups in total. The Morgan fingerprint density at radius 3 is 3.04 bits per heavy atom. The van der Waals surface area contributed by atoms with Gasteiger partial charge in [-0.05, 0) is 37.5 Å². The van der Waals surface area contributed by atoms with Gasteiger partial charge in [-0.2, -0.15) is 0 Å². The molecule has 0 bridgehead atoms. The Morgan fingerprint density at radius 2 is 2.21 bits per heavy atom. The molecule has 2 aliphatic heterocycles. The van der Waals surface area contributed by atoms with Gasteiger partial charge in [0.2, 0.25) is 0 Å². The lowest BCUT2D eigenvalue weighted by Crippen LogP contribution is -2.43. The van der Waals surface area contributed by atoms with Crippen LogP contribution in [0.2, 0.25) is 0 Å². The van der Waals surface area contributed by atoms with Crippen LogP contribution in [0.4, 0.5) is 0 Å². The molecule has 0 saturated carbocycles. The zero-order chi connectivity index (χ0) is 16.2. The molecule has 4 rings (SSSR count). The SMILES string of the molecule is c1ccc(COC[C@H]2CC[C@H]3[C@H](CCN3Cc3ccoc3)O2)nc1. The molecule has 0 aliphatic carbocycles. The van der Waals surface area contributed by atoms with E-state index in [0.717, 1.165) is 31.6 Å². The lowest BCUT2D eigenvalue weighted by atomic mass is 9.99. The zero-order valence-corrected chi connectivity index (χ0v) is 13.8. The number of likely N-dealkylation sites (tertiary alicyclic amines) is 1. The third kappa shape index (κ3) is 3.69. The highest BCUT2D eigenvalue weighted by atomic mass is 16.5. The van der Waals surface area contributed by atoms with Gasteiger partial charge in [-0.1, -0.05) is 6.07 Å². The second-order valence-electron chi connectivity index (χ2n) is 6.67. The summed E-state index contributed by atoms with van der Waals surface area (Å²) in [7, 11) is 0. The molecular formula is C19H24N2O3. The largest absolute Gasteiger partial charge is 0.472 e. The monoisotopic (exact) mass is 328 g/mol. The fourth-order valence-electron chi connectivity index (χ4n) is 3.80. The molecule has 5 heteroatoms. The average molecular weight is 328 g/mol. The van der Waals surface area contributed by atoms with Crippen LogP contribution < -0.4 is 0 Å². The lowest BCUT2D eigenvalue weighted by Gasteiger charge is -2.35. The van der Waals surface area contributed by atoms with Crippen molar-refractivity contribution in [2.24, 2.45) is 0 Å². The Morgan fingerprint density at radius 1 is 1.21 bits per heavy atom. The smallest absolute Gasteiger partial charge is 0.0947 e. The highest BCUT2D eigenvalue weighted by Crippen LogP contribution is 2.32. The summed E-state index contributed by atoms with van der Waals surface area (Å²) < 4.78 is 17.3. The van der Waals surface area contributed by atoms with Crippen molar-refractivity contribution in [2.45, 2.75) is 50.7 Å². The number of aromatic nitrogens is 1. The molecule has 2 saturated heterocycles. The van der Waals surface area contributed by atoms with Crippen LogP contribution in [-0.2, 0) is 22.6 Å². The molecule has 128 valence electrons. The molecule has 3 atom stereocenters. The minimum atomic E-state index is 0.212. The van der Waals surface area contributed by atoms with Gasteiger partial charge in [-0.3, -0.25) is 9.88 Å². The maximum absolute atomic E-state index is 6.29. The Hall–Kier alpha value is -1.69. The molecule has 0 aromatic carbocycles. The molecule has 0 unspecified atom stereocenters. The highest BCUT2D eigenvalue weighted by molar-refractivity contribution is 5.07. The van der Waals surface area contributed by atoms with E-state index in [1.807, 2.05) is 30.5 Å². The van der Waals surface area contributed by atoms with Crippen molar-refractivity contribution in [1.82, 2.24) is 9.88 Å². The van der Waals surface area contributed by atoms with E-state index in [9.17, 15) is 0 Å². The number of ether oxygens (including phenoxy) is 2. The first kappa shape index (κ1) is 15.8. The molecule has 2 aliphatic rings. The number of hydrogen-bond acceptors (Lipinski definition) is 5. The van der Waals surface area contributed by atoms with Gasteiger partial charge in [-0.25, -0.2) is 0 Å². The third-order valence-corrected chi connectivity index (χ3v) is 5.00. The predicted octanol–water partition coefficient (Wildman–Crippen LogP) is 3.01. The van der Waals surface area contributed by atoms with Crippen molar-refractivity contribution in [3.63, 3.8) is 0 Å². The second-order valence-corrected chi connectivity index (χ2v) is 6.67. The second kappa shape index (κ2) is 7.47. The van der Waals surface area contributed by atoms with Gasteiger partial charge in [0, 0.05) is 30.9 Å². The van der Waals surface area contributed by atoms with Crippen molar-refractivity contribution >= 4 is 0 Å². The van der Waals surface area contributed by atoms with Crippen LogP contribution in [0.15, 0.2) is 47.4 Å². The van der Waals surface area contributed by atoms with Crippen LogP contribution in [0.3, 0.4) is 0 Å². The van der Waals surface area contributed by atoms with Crippen LogP contribution >= 0.6 is 0 Å². The molecule has 2 aromatic heterocycles. The zero-order valence-electron chi connectivity index (χ0n) is 13.8. The Labute approximate surface area is 142 Å². The molecule has 0 radical (unpaired) electrons. The van der Waals surface area contributed by atoms with E-state index in [-0.39, 0.29) is 6.10 Å². The standard InChI is InChI=1S/C19H24N2O3/c1-2-8-20-16(3-1)13-23-14-17-4-5-18-19(24-17)6-9-21(18)11-15-7-10-22-12-15/h1-3,7-8,10,12,17-19H,4-6,9,11,13-14H2/t17-,18+,19+/m1/s1. The van der Waals surface area contributed by atoms with Gasteiger partial charge >= 0.3 is 0 Å². The van der Waals surface area contributed by atoms with E-state index < -0.39 is 0 Å². The number of nitrogens with zero attached hydrogens (tertiary/aromatic N) is 2. The van der Waals surface area contributed by atoms with Crippen molar-refractivity contribution in [3.8, 4) is 0 Å². The highest BCUT2D eigenvalue weighted by Gasteiger charge is 2.39. The summed E-state index contributed by atoms with van der Waals surface area (Å²) in [4.78, 5) is 6.81. The van der Waals surface area contributed by atoms with Crippen molar-refractivity contribution < 1.29 is 13.9 Å². The summed E-state index contributed by atoms with van der Waals surface area (Å²) in [6.45, 7) is 3.27. The summed E-state index contributed by atoms with van der Waals surface area (Å²) in [6, 6.07) is 8.48. The third-order valence-electron chi connectivity index (χ3n) is 5.00. The quantitative estimate of drug-likeness (QED) is 0.816. The number of pyridine rings is 1. The summed E-state index contributed by atoms with van der Waals surface area (Å²) in [5.41, 5.74) is 2.22. The van der Waals surface area contributed by atoms with Crippen LogP contribution in [-0.4, -0.2) is 41.3 Å². The van der Waals surface area contributed by atoms with Gasteiger partial charge in [0.05, 0.1) is 43.6 Å². The van der Waals surface area contributed by atoms with Gasteiger partial charge in [0.25, 0.3) is 0 Å². The average Bonchev–Trinajstić information content (AvgIpc) is 3.26. The Bertz CT molecular complexity index is 617. The van der Waals surface area contributed by atoms with E-state index in [0.29, 0.717) is 25.4 Å². The van der Waals surface area contributed by atoms with E-state index in [4.69, 9.17) is 13.9 Å². The molecule has 0 amide bonds. The van der Waals surface area contributed by atoms with E-state index in [1.54, 1.807) is 12.5 Å². The van der Waals surface area contributed by atoms with Crippen molar-refractivity contribution in [2.75, 3.05) is 13.2 Å². The summed E-state index contributed by atoms with van der Waals surface area (Å²) in [6.07, 6.45) is 9.29. The van der Waals surface area contributed by atoms with Crippen molar-refractivity contribution in [1.29, 1.82) is 0 Å². The molecule has 0 spiro atoms. The first-order chi connectivity index (χ1) is 11.9. The molecule has 4 heterocycles. The fraction of sp³-hybridized carbons (Fsp3) is 0.526. The number of fused-ring (bicyclic) bond motifs is 1. The van der Waals surface area contributed by atoms with E-state index >= 15 is 0 Å². The van der Waals surface area contributed by atoms with Gasteiger partial charge in [0.1, 0.15) is 0 Å². The first-order valence-corrected chi connectivity index (χ1v) is 8.77. The van der Waals surface area contributed by atoms with Crippen molar-refractivity contribution in [3.05, 3.63) is 54.2 Å². The maximum atomic E-state index is 6.29. The van der Waals surface area contributed by atoms with Gasteiger partial charge in [-0.15, -0.1) is 0 Å². The van der Waals surface area contributed by atoms with Crippen LogP contribution in [0, 0.1) is 0 Å². The Kier molecular flexibility index (Phi) is 4.92. The summed E-state index contributed by atoms with van der Waals surface area (Å²) in [5.74, 6) is 0. The van der Waals surface area contributed by atoms with Crippen LogP contribution in [0.25, 0.3) is 0 Å². The molecule has 24 heavy (non-hydrogen) atoms. The van der Waals surface area contributed by atoms with Crippen LogP contribution in [0.1, 0.15) is 30.5 Å². The lowest BCUT2D eigenvalue weighted by molar-refractivity contribution is -0.102. The fourth-order valence-corrected chi connectivity index (χ4v) is 3.80. The Balaban J connectivity index is 1.23. The minimum absolute atomic E-state index is 0.212. The van der Waals surface area contributed by atoms with Crippen LogP contribution in [0.5, 0.6) is 0 Å². The molecule has 2 fully saturated rings. The maximum Gasteiger partial charge on any atom is 0.0947 e. The number of rotatable bonds is 6. The number of furan rings is 1. The predicted molar refractivity (Wildman–Crippen MR) is 89.3 cm³/mol. The van der Waals surface area contributed by atoms with E-state index in [1.165, 1.54) is 12.0 Å². The number of hydrogen-bond donors (Lipinski definition) is 0. The molecular weight excluding hydrogens is 304 g/mol. The first-order valence-electron chi connectivity index (χ1n) is 8.77. The normalized spacial score (nSPS) is 27.2. The topological polar surface area (TPSA) is 47.7 Å². The molecule has 5 nitrogen and oxygen atoms in total.